The SMILES string of the molecule is COC(=O)c1c(NC(=O)C(=O)NN=Cc2cccc(Cl)c2Cl)sc2c1CCC2. The van der Waals surface area contributed by atoms with Gasteiger partial charge in [0.1, 0.15) is 5.00 Å². The van der Waals surface area contributed by atoms with E-state index in [0.717, 1.165) is 29.7 Å². The Balaban J connectivity index is 1.68. The topological polar surface area (TPSA) is 96.9 Å². The van der Waals surface area contributed by atoms with E-state index in [1.165, 1.54) is 24.7 Å². The fraction of sp³-hybridized carbons (Fsp3) is 0.222. The summed E-state index contributed by atoms with van der Waals surface area (Å²) in [7, 11) is 1.27. The number of nitrogens with one attached hydrogen (secondary N) is 2. The number of anilines is 1. The highest BCUT2D eigenvalue weighted by molar-refractivity contribution is 7.17. The summed E-state index contributed by atoms with van der Waals surface area (Å²) in [6.45, 7) is 0. The minimum atomic E-state index is -0.987. The molecule has 2 N–H and O–H groups in total. The number of fused-ring (bicyclic) bond motifs is 1. The standard InChI is InChI=1S/C18H15Cl2N3O4S/c1-27-18(26)13-10-5-3-7-12(10)28-17(13)22-15(24)16(25)23-21-8-9-4-2-6-11(19)14(9)20/h2,4,6,8H,3,5,7H2,1H3,(H,22,24)(H,23,25). The minimum Gasteiger partial charge on any atom is -0.465 e. The Kier molecular flexibility index (Phi) is 6.33. The number of hydrazone groups is 1. The fourth-order valence-corrected chi connectivity index (χ4v) is 4.43. The second kappa shape index (κ2) is 8.72. The van der Waals surface area contributed by atoms with Crippen molar-refractivity contribution < 1.29 is 19.1 Å². The van der Waals surface area contributed by atoms with Gasteiger partial charge in [-0.1, -0.05) is 35.3 Å². The zero-order chi connectivity index (χ0) is 20.3. The van der Waals surface area contributed by atoms with Gasteiger partial charge >= 0.3 is 17.8 Å². The average molecular weight is 440 g/mol. The summed E-state index contributed by atoms with van der Waals surface area (Å²) in [5.74, 6) is -2.47. The number of halogens is 2. The van der Waals surface area contributed by atoms with Crippen molar-refractivity contribution in [3.63, 3.8) is 0 Å². The highest BCUT2D eigenvalue weighted by Crippen LogP contribution is 2.39. The highest BCUT2D eigenvalue weighted by atomic mass is 35.5. The predicted octanol–water partition coefficient (Wildman–Crippen LogP) is 3.42. The zero-order valence-corrected chi connectivity index (χ0v) is 17.0. The van der Waals surface area contributed by atoms with Gasteiger partial charge in [-0.25, -0.2) is 10.2 Å². The molecule has 1 heterocycles. The Morgan fingerprint density at radius 1 is 1.21 bits per heavy atom. The number of carbonyl (C=O) groups excluding carboxylic acids is 3. The van der Waals surface area contributed by atoms with Crippen LogP contribution in [0.15, 0.2) is 23.3 Å². The largest absolute Gasteiger partial charge is 0.465 e. The van der Waals surface area contributed by atoms with Gasteiger partial charge in [0.25, 0.3) is 0 Å². The van der Waals surface area contributed by atoms with Crippen molar-refractivity contribution in [1.82, 2.24) is 5.43 Å². The van der Waals surface area contributed by atoms with E-state index < -0.39 is 17.8 Å². The van der Waals surface area contributed by atoms with Crippen LogP contribution in [0.5, 0.6) is 0 Å². The number of carbonyl (C=O) groups is 3. The van der Waals surface area contributed by atoms with E-state index in [-0.39, 0.29) is 5.02 Å². The van der Waals surface area contributed by atoms with E-state index in [2.05, 4.69) is 15.8 Å². The molecule has 7 nitrogen and oxygen atoms in total. The smallest absolute Gasteiger partial charge is 0.341 e. The number of esters is 1. The predicted molar refractivity (Wildman–Crippen MR) is 109 cm³/mol. The first-order valence-corrected chi connectivity index (χ1v) is 9.80. The second-order valence-corrected chi connectivity index (χ2v) is 7.74. The molecule has 146 valence electrons. The lowest BCUT2D eigenvalue weighted by Gasteiger charge is -2.06. The van der Waals surface area contributed by atoms with Crippen molar-refractivity contribution in [2.45, 2.75) is 19.3 Å². The van der Waals surface area contributed by atoms with Crippen LogP contribution in [-0.2, 0) is 27.2 Å². The summed E-state index contributed by atoms with van der Waals surface area (Å²) < 4.78 is 4.81. The average Bonchev–Trinajstić information content (AvgIpc) is 3.25. The molecule has 10 heteroatoms. The third kappa shape index (κ3) is 4.19. The lowest BCUT2D eigenvalue weighted by Crippen LogP contribution is -2.32. The molecule has 0 unspecified atom stereocenters. The van der Waals surface area contributed by atoms with Gasteiger partial charge in [0.05, 0.1) is 28.9 Å². The lowest BCUT2D eigenvalue weighted by molar-refractivity contribution is -0.136. The van der Waals surface area contributed by atoms with Gasteiger partial charge in [-0.2, -0.15) is 5.10 Å². The Morgan fingerprint density at radius 3 is 2.75 bits per heavy atom. The summed E-state index contributed by atoms with van der Waals surface area (Å²) in [6, 6.07) is 4.94. The second-order valence-electron chi connectivity index (χ2n) is 5.85. The number of amides is 2. The van der Waals surface area contributed by atoms with E-state index in [0.29, 0.717) is 21.2 Å². The van der Waals surface area contributed by atoms with Crippen LogP contribution in [-0.4, -0.2) is 31.1 Å². The Morgan fingerprint density at radius 2 is 2.00 bits per heavy atom. The molecular formula is C18H15Cl2N3O4S. The van der Waals surface area contributed by atoms with Crippen LogP contribution in [0.1, 0.15) is 32.8 Å². The minimum absolute atomic E-state index is 0.280. The maximum atomic E-state index is 12.2. The van der Waals surface area contributed by atoms with E-state index in [1.807, 2.05) is 0 Å². The van der Waals surface area contributed by atoms with Crippen LogP contribution in [0.25, 0.3) is 0 Å². The van der Waals surface area contributed by atoms with Crippen molar-refractivity contribution in [3.8, 4) is 0 Å². The monoisotopic (exact) mass is 439 g/mol. The summed E-state index contributed by atoms with van der Waals surface area (Å²) in [5.41, 5.74) is 3.79. The van der Waals surface area contributed by atoms with Crippen molar-refractivity contribution in [2.24, 2.45) is 5.10 Å². The number of hydrogen-bond donors (Lipinski definition) is 2. The van der Waals surface area contributed by atoms with Gasteiger partial charge in [0.15, 0.2) is 0 Å². The summed E-state index contributed by atoms with van der Waals surface area (Å²) in [6.07, 6.45) is 3.79. The van der Waals surface area contributed by atoms with E-state index in [9.17, 15) is 14.4 Å². The molecular weight excluding hydrogens is 425 g/mol. The van der Waals surface area contributed by atoms with Crippen LogP contribution in [0.3, 0.4) is 0 Å². The van der Waals surface area contributed by atoms with Crippen molar-refractivity contribution in [3.05, 3.63) is 49.8 Å². The molecule has 1 aromatic heterocycles. The number of ether oxygens (including phenoxy) is 1. The quantitative estimate of drug-likeness (QED) is 0.330. The maximum Gasteiger partial charge on any atom is 0.341 e. The molecule has 0 fully saturated rings. The molecule has 1 aliphatic carbocycles. The molecule has 2 amide bonds. The third-order valence-corrected chi connectivity index (χ3v) is 6.14. The molecule has 2 aromatic rings. The van der Waals surface area contributed by atoms with Gasteiger partial charge < -0.3 is 10.1 Å². The van der Waals surface area contributed by atoms with Gasteiger partial charge in [-0.3, -0.25) is 9.59 Å². The van der Waals surface area contributed by atoms with Crippen molar-refractivity contribution >= 4 is 63.5 Å². The zero-order valence-electron chi connectivity index (χ0n) is 14.7. The Hall–Kier alpha value is -2.42. The summed E-state index contributed by atoms with van der Waals surface area (Å²) >= 11 is 13.2. The van der Waals surface area contributed by atoms with Gasteiger partial charge in [0.2, 0.25) is 0 Å². The molecule has 0 saturated carbocycles. The molecule has 0 bridgehead atoms. The first kappa shape index (κ1) is 20.3. The first-order valence-electron chi connectivity index (χ1n) is 8.23. The third-order valence-electron chi connectivity index (χ3n) is 4.10. The van der Waals surface area contributed by atoms with Crippen LogP contribution in [0.4, 0.5) is 5.00 Å². The Bertz CT molecular complexity index is 987. The van der Waals surface area contributed by atoms with E-state index in [1.54, 1.807) is 18.2 Å². The molecule has 28 heavy (non-hydrogen) atoms. The summed E-state index contributed by atoms with van der Waals surface area (Å²) in [4.78, 5) is 37.3. The lowest BCUT2D eigenvalue weighted by atomic mass is 10.1. The van der Waals surface area contributed by atoms with Crippen molar-refractivity contribution in [2.75, 3.05) is 12.4 Å². The molecule has 0 saturated heterocycles. The molecule has 0 aliphatic heterocycles. The highest BCUT2D eigenvalue weighted by Gasteiger charge is 2.29. The van der Waals surface area contributed by atoms with E-state index in [4.69, 9.17) is 27.9 Å². The van der Waals surface area contributed by atoms with Crippen LogP contribution in [0, 0.1) is 0 Å². The Labute approximate surface area is 174 Å². The number of aryl methyl sites for hydroxylation is 1. The molecule has 0 atom stereocenters. The molecule has 1 aromatic carbocycles. The number of benzene rings is 1. The van der Waals surface area contributed by atoms with Gasteiger partial charge in [0, 0.05) is 10.4 Å². The number of hydrogen-bond acceptors (Lipinski definition) is 6. The molecule has 0 spiro atoms. The van der Waals surface area contributed by atoms with E-state index >= 15 is 0 Å². The number of nitrogens with zero attached hydrogens (tertiary/aromatic N) is 1. The summed E-state index contributed by atoms with van der Waals surface area (Å²) in [5, 5.41) is 7.11. The molecule has 0 radical (unpaired) electrons. The first-order chi connectivity index (χ1) is 13.4. The number of rotatable bonds is 4. The van der Waals surface area contributed by atoms with Crippen LogP contribution >= 0.6 is 34.5 Å². The van der Waals surface area contributed by atoms with Crippen LogP contribution in [0.2, 0.25) is 10.0 Å². The molecule has 1 aliphatic rings. The number of methoxy groups -OCH3 is 1. The van der Waals surface area contributed by atoms with Gasteiger partial charge in [-0.15, -0.1) is 11.3 Å². The maximum absolute atomic E-state index is 12.2. The van der Waals surface area contributed by atoms with Crippen LogP contribution < -0.4 is 10.7 Å². The number of thiophene rings is 1. The molecule has 3 rings (SSSR count). The van der Waals surface area contributed by atoms with Crippen molar-refractivity contribution in [1.29, 1.82) is 0 Å². The van der Waals surface area contributed by atoms with Gasteiger partial charge in [-0.05, 0) is 30.9 Å². The normalized spacial score (nSPS) is 12.7. The fourth-order valence-electron chi connectivity index (χ4n) is 2.80.